The van der Waals surface area contributed by atoms with Crippen LogP contribution >= 0.6 is 23.2 Å². The minimum absolute atomic E-state index is 0.0432. The van der Waals surface area contributed by atoms with Crippen LogP contribution in [0.5, 0.6) is 5.75 Å². The zero-order valence-corrected chi connectivity index (χ0v) is 13.6. The summed E-state index contributed by atoms with van der Waals surface area (Å²) in [6.45, 7) is -0.797. The van der Waals surface area contributed by atoms with Crippen LogP contribution in [-0.4, -0.2) is 12.6 Å². The van der Waals surface area contributed by atoms with E-state index in [0.717, 1.165) is 0 Å². The third kappa shape index (κ3) is 3.09. The van der Waals surface area contributed by atoms with E-state index >= 15 is 0 Å². The van der Waals surface area contributed by atoms with Gasteiger partial charge in [-0.15, -0.1) is 0 Å². The zero-order chi connectivity index (χ0) is 17.3. The Kier molecular flexibility index (Phi) is 4.46. The van der Waals surface area contributed by atoms with Gasteiger partial charge in [0.1, 0.15) is 12.2 Å². The Bertz CT molecular complexity index is 994. The fourth-order valence-corrected chi connectivity index (χ4v) is 2.63. The first-order valence-corrected chi connectivity index (χ1v) is 7.57. The van der Waals surface area contributed by atoms with E-state index in [4.69, 9.17) is 32.4 Å². The number of fused-ring (bicyclic) bond motifs is 1. The molecule has 3 rings (SSSR count). The Hall–Kier alpha value is -2.50. The van der Waals surface area contributed by atoms with Gasteiger partial charge in [-0.05, 0) is 30.3 Å². The second kappa shape index (κ2) is 6.55. The standard InChI is InChI=1S/C17H10Cl2O5/c18-9-5-6-13-11(7-9)15(22)17(23-8-14(20)21)16(24-13)10-3-1-2-4-12(10)19/h1-7H,8H2,(H,20,21)/p-1. The molecule has 0 atom stereocenters. The first-order valence-electron chi connectivity index (χ1n) is 6.81. The van der Waals surface area contributed by atoms with Gasteiger partial charge in [0.05, 0.1) is 16.4 Å². The molecule has 3 aromatic rings. The van der Waals surface area contributed by atoms with E-state index < -0.39 is 18.0 Å². The largest absolute Gasteiger partial charge is 0.546 e. The van der Waals surface area contributed by atoms with Crippen molar-refractivity contribution in [2.24, 2.45) is 0 Å². The van der Waals surface area contributed by atoms with Gasteiger partial charge in [0.15, 0.2) is 5.76 Å². The van der Waals surface area contributed by atoms with Crippen molar-refractivity contribution in [3.8, 4) is 17.1 Å². The summed E-state index contributed by atoms with van der Waals surface area (Å²) in [6.07, 6.45) is 0. The molecule has 0 N–H and O–H groups in total. The minimum Gasteiger partial charge on any atom is -0.546 e. The van der Waals surface area contributed by atoms with Crippen molar-refractivity contribution in [3.63, 3.8) is 0 Å². The van der Waals surface area contributed by atoms with E-state index in [-0.39, 0.29) is 22.5 Å². The van der Waals surface area contributed by atoms with Crippen molar-refractivity contribution in [1.82, 2.24) is 0 Å². The van der Waals surface area contributed by atoms with Crippen LogP contribution in [-0.2, 0) is 4.79 Å². The summed E-state index contributed by atoms with van der Waals surface area (Å²) in [5, 5.41) is 11.5. The molecule has 2 aromatic carbocycles. The fraction of sp³-hybridized carbons (Fsp3) is 0.0588. The van der Waals surface area contributed by atoms with Crippen molar-refractivity contribution >= 4 is 40.1 Å². The van der Waals surface area contributed by atoms with Crippen molar-refractivity contribution < 1.29 is 19.1 Å². The Balaban J connectivity index is 2.31. The first-order chi connectivity index (χ1) is 11.5. The molecule has 0 fully saturated rings. The Morgan fingerprint density at radius 1 is 1.17 bits per heavy atom. The van der Waals surface area contributed by atoms with E-state index in [2.05, 4.69) is 0 Å². The molecule has 1 heterocycles. The number of rotatable bonds is 4. The van der Waals surface area contributed by atoms with Gasteiger partial charge in [-0.3, -0.25) is 4.79 Å². The molecule has 0 radical (unpaired) electrons. The van der Waals surface area contributed by atoms with E-state index in [0.29, 0.717) is 15.6 Å². The number of aliphatic carboxylic acids is 1. The Morgan fingerprint density at radius 3 is 2.62 bits per heavy atom. The molecule has 5 nitrogen and oxygen atoms in total. The number of hydrogen-bond donors (Lipinski definition) is 0. The molecule has 0 aliphatic rings. The highest BCUT2D eigenvalue weighted by molar-refractivity contribution is 6.33. The van der Waals surface area contributed by atoms with E-state index in [9.17, 15) is 14.7 Å². The number of carboxylic acid groups (broad SMARTS) is 1. The highest BCUT2D eigenvalue weighted by atomic mass is 35.5. The third-order valence-electron chi connectivity index (χ3n) is 3.26. The molecule has 122 valence electrons. The molecule has 0 unspecified atom stereocenters. The number of carboxylic acids is 1. The number of ether oxygens (including phenoxy) is 1. The number of hydrogen-bond acceptors (Lipinski definition) is 5. The molecule has 0 aliphatic carbocycles. The fourth-order valence-electron chi connectivity index (χ4n) is 2.24. The maximum atomic E-state index is 12.7. The highest BCUT2D eigenvalue weighted by Gasteiger charge is 2.19. The normalized spacial score (nSPS) is 10.8. The topological polar surface area (TPSA) is 79.6 Å². The molecule has 0 amide bonds. The van der Waals surface area contributed by atoms with Crippen LogP contribution in [0.4, 0.5) is 0 Å². The first kappa shape index (κ1) is 16.4. The second-order valence-corrected chi connectivity index (χ2v) is 5.71. The molecular formula is C17H9Cl2O5-. The summed E-state index contributed by atoms with van der Waals surface area (Å²) in [5.74, 6) is -1.69. The summed E-state index contributed by atoms with van der Waals surface area (Å²) in [4.78, 5) is 23.4. The van der Waals surface area contributed by atoms with Crippen molar-refractivity contribution in [1.29, 1.82) is 0 Å². The average Bonchev–Trinajstić information content (AvgIpc) is 2.55. The van der Waals surface area contributed by atoms with Gasteiger partial charge in [-0.1, -0.05) is 35.3 Å². The molecular weight excluding hydrogens is 355 g/mol. The number of carbonyl (C=O) groups excluding carboxylic acids is 1. The van der Waals surface area contributed by atoms with Crippen LogP contribution in [0.1, 0.15) is 0 Å². The maximum Gasteiger partial charge on any atom is 0.235 e. The lowest BCUT2D eigenvalue weighted by Gasteiger charge is -2.13. The van der Waals surface area contributed by atoms with Crippen molar-refractivity contribution in [2.75, 3.05) is 6.61 Å². The molecule has 0 bridgehead atoms. The monoisotopic (exact) mass is 363 g/mol. The van der Waals surface area contributed by atoms with Crippen LogP contribution in [0.3, 0.4) is 0 Å². The smallest absolute Gasteiger partial charge is 0.235 e. The van der Waals surface area contributed by atoms with E-state index in [1.54, 1.807) is 36.4 Å². The Morgan fingerprint density at radius 2 is 1.92 bits per heavy atom. The molecule has 0 saturated heterocycles. The van der Waals surface area contributed by atoms with Crippen molar-refractivity contribution in [3.05, 3.63) is 62.7 Å². The molecule has 0 saturated carbocycles. The van der Waals surface area contributed by atoms with Gasteiger partial charge < -0.3 is 19.1 Å². The second-order valence-electron chi connectivity index (χ2n) is 4.87. The quantitative estimate of drug-likeness (QED) is 0.711. The number of benzene rings is 2. The number of halogens is 2. The average molecular weight is 364 g/mol. The predicted molar refractivity (Wildman–Crippen MR) is 88.4 cm³/mol. The maximum absolute atomic E-state index is 12.7. The van der Waals surface area contributed by atoms with Crippen LogP contribution in [0, 0.1) is 0 Å². The van der Waals surface area contributed by atoms with Gasteiger partial charge in [-0.2, -0.15) is 0 Å². The third-order valence-corrected chi connectivity index (χ3v) is 3.83. The summed E-state index contributed by atoms with van der Waals surface area (Å²) >= 11 is 12.1. The van der Waals surface area contributed by atoms with Crippen LogP contribution in [0.25, 0.3) is 22.3 Å². The van der Waals surface area contributed by atoms with Gasteiger partial charge in [0.25, 0.3) is 0 Å². The van der Waals surface area contributed by atoms with Crippen molar-refractivity contribution in [2.45, 2.75) is 0 Å². The molecule has 0 spiro atoms. The van der Waals surface area contributed by atoms with Crippen LogP contribution in [0.2, 0.25) is 10.0 Å². The summed E-state index contributed by atoms with van der Waals surface area (Å²) in [6, 6.07) is 11.2. The molecule has 24 heavy (non-hydrogen) atoms. The predicted octanol–water partition coefficient (Wildman–Crippen LogP) is 2.90. The number of carbonyl (C=O) groups is 1. The molecule has 1 aromatic heterocycles. The zero-order valence-electron chi connectivity index (χ0n) is 12.0. The van der Waals surface area contributed by atoms with Crippen LogP contribution in [0.15, 0.2) is 51.7 Å². The summed E-state index contributed by atoms with van der Waals surface area (Å²) in [7, 11) is 0. The molecule has 7 heteroatoms. The summed E-state index contributed by atoms with van der Waals surface area (Å²) < 4.78 is 10.9. The van der Waals surface area contributed by atoms with E-state index in [1.165, 1.54) is 6.07 Å². The molecule has 0 aliphatic heterocycles. The van der Waals surface area contributed by atoms with Crippen LogP contribution < -0.4 is 15.3 Å². The Labute approximate surface area is 146 Å². The summed E-state index contributed by atoms with van der Waals surface area (Å²) in [5.41, 5.74) is 0.136. The van der Waals surface area contributed by atoms with E-state index in [1.807, 2.05) is 0 Å². The SMILES string of the molecule is O=C([O-])COc1c(-c2ccccc2Cl)oc2ccc(Cl)cc2c1=O. The minimum atomic E-state index is -1.47. The lowest BCUT2D eigenvalue weighted by Crippen LogP contribution is -2.30. The van der Waals surface area contributed by atoms with Gasteiger partial charge in [0, 0.05) is 10.6 Å². The van der Waals surface area contributed by atoms with Gasteiger partial charge in [-0.25, -0.2) is 0 Å². The lowest BCUT2D eigenvalue weighted by molar-refractivity contribution is -0.307. The lowest BCUT2D eigenvalue weighted by atomic mass is 10.1. The van der Waals surface area contributed by atoms with Gasteiger partial charge in [0.2, 0.25) is 11.2 Å². The highest BCUT2D eigenvalue weighted by Crippen LogP contribution is 2.35. The van der Waals surface area contributed by atoms with Gasteiger partial charge >= 0.3 is 0 Å².